The average molecular weight is 334 g/mol. The molecular formula is C19H12ClN3O. The minimum absolute atomic E-state index is 0.255. The maximum atomic E-state index is 12.2. The Morgan fingerprint density at radius 1 is 0.958 bits per heavy atom. The smallest absolute Gasteiger partial charge is 0.255 e. The number of hydrogen-bond donors (Lipinski definition) is 1. The fourth-order valence-corrected chi connectivity index (χ4v) is 2.17. The molecular weight excluding hydrogens is 322 g/mol. The zero-order valence-corrected chi connectivity index (χ0v) is 13.3. The van der Waals surface area contributed by atoms with Crippen LogP contribution in [0.4, 0.5) is 5.69 Å². The third-order valence-corrected chi connectivity index (χ3v) is 3.32. The van der Waals surface area contributed by atoms with Gasteiger partial charge in [0.2, 0.25) is 0 Å². The van der Waals surface area contributed by atoms with Gasteiger partial charge in [0.1, 0.15) is 10.8 Å². The van der Waals surface area contributed by atoms with Gasteiger partial charge in [0.25, 0.3) is 5.91 Å². The van der Waals surface area contributed by atoms with Gasteiger partial charge in [-0.3, -0.25) is 4.79 Å². The second-order valence-electron chi connectivity index (χ2n) is 4.87. The molecule has 1 amide bonds. The van der Waals surface area contributed by atoms with Crippen LogP contribution in [0.15, 0.2) is 67.0 Å². The first kappa shape index (κ1) is 15.7. The van der Waals surface area contributed by atoms with E-state index >= 15 is 0 Å². The van der Waals surface area contributed by atoms with Gasteiger partial charge < -0.3 is 5.32 Å². The van der Waals surface area contributed by atoms with E-state index in [1.165, 1.54) is 12.3 Å². The lowest BCUT2D eigenvalue weighted by Crippen LogP contribution is -2.12. The molecule has 3 rings (SSSR count). The third kappa shape index (κ3) is 4.19. The Balaban J connectivity index is 1.76. The highest BCUT2D eigenvalue weighted by Gasteiger charge is 2.07. The molecule has 0 radical (unpaired) electrons. The highest BCUT2D eigenvalue weighted by Crippen LogP contribution is 2.13. The Morgan fingerprint density at radius 2 is 1.88 bits per heavy atom. The Hall–Kier alpha value is -3.16. The normalized spacial score (nSPS) is 9.71. The first-order valence-corrected chi connectivity index (χ1v) is 7.54. The van der Waals surface area contributed by atoms with E-state index in [1.54, 1.807) is 24.4 Å². The van der Waals surface area contributed by atoms with Crippen LogP contribution in [0.2, 0.25) is 5.15 Å². The first-order valence-electron chi connectivity index (χ1n) is 7.17. The standard InChI is InChI=1S/C19H12ClN3O/c20-18-13-15(9-11-22-18)19(24)23-17-6-3-4-14(12-17)7-8-16-5-1-2-10-21-16/h1-6,9-13H,(H,23,24). The van der Waals surface area contributed by atoms with Crippen LogP contribution >= 0.6 is 11.6 Å². The van der Waals surface area contributed by atoms with Crippen LogP contribution in [0, 0.1) is 11.8 Å². The summed E-state index contributed by atoms with van der Waals surface area (Å²) in [6.45, 7) is 0. The molecule has 2 heterocycles. The summed E-state index contributed by atoms with van der Waals surface area (Å²) in [7, 11) is 0. The van der Waals surface area contributed by atoms with Gasteiger partial charge in [0.05, 0.1) is 0 Å². The Labute approximate surface area is 144 Å². The molecule has 116 valence electrons. The summed E-state index contributed by atoms with van der Waals surface area (Å²) in [5.74, 6) is 5.75. The predicted octanol–water partition coefficient (Wildman–Crippen LogP) is 3.78. The molecule has 0 atom stereocenters. The van der Waals surface area contributed by atoms with Crippen LogP contribution in [0.25, 0.3) is 0 Å². The highest BCUT2D eigenvalue weighted by atomic mass is 35.5. The molecule has 0 fully saturated rings. The largest absolute Gasteiger partial charge is 0.322 e. The van der Waals surface area contributed by atoms with Crippen molar-refractivity contribution in [3.63, 3.8) is 0 Å². The van der Waals surface area contributed by atoms with E-state index in [0.29, 0.717) is 16.9 Å². The van der Waals surface area contributed by atoms with Crippen LogP contribution in [0.1, 0.15) is 21.6 Å². The summed E-state index contributed by atoms with van der Waals surface area (Å²) in [5.41, 5.74) is 2.57. The van der Waals surface area contributed by atoms with Gasteiger partial charge in [-0.2, -0.15) is 0 Å². The molecule has 4 nitrogen and oxygen atoms in total. The van der Waals surface area contributed by atoms with Crippen molar-refractivity contribution in [2.75, 3.05) is 5.32 Å². The lowest BCUT2D eigenvalue weighted by molar-refractivity contribution is 0.102. The topological polar surface area (TPSA) is 54.9 Å². The minimum Gasteiger partial charge on any atom is -0.322 e. The molecule has 24 heavy (non-hydrogen) atoms. The number of carbonyl (C=O) groups is 1. The van der Waals surface area contributed by atoms with Crippen molar-refractivity contribution in [3.05, 3.63) is 89.0 Å². The molecule has 0 aliphatic rings. The Kier molecular flexibility index (Phi) is 4.85. The van der Waals surface area contributed by atoms with Crippen molar-refractivity contribution >= 4 is 23.2 Å². The van der Waals surface area contributed by atoms with E-state index in [-0.39, 0.29) is 11.1 Å². The molecule has 0 aliphatic heterocycles. The molecule has 3 aromatic rings. The molecule has 0 bridgehead atoms. The first-order chi connectivity index (χ1) is 11.7. The molecule has 2 aromatic heterocycles. The molecule has 0 unspecified atom stereocenters. The van der Waals surface area contributed by atoms with Crippen molar-refractivity contribution < 1.29 is 4.79 Å². The second-order valence-corrected chi connectivity index (χ2v) is 5.25. The number of carbonyl (C=O) groups excluding carboxylic acids is 1. The van der Waals surface area contributed by atoms with Gasteiger partial charge in [0, 0.05) is 29.2 Å². The summed E-state index contributed by atoms with van der Waals surface area (Å²) >= 11 is 5.80. The number of nitrogens with zero attached hydrogens (tertiary/aromatic N) is 2. The van der Waals surface area contributed by atoms with Crippen LogP contribution < -0.4 is 5.32 Å². The SMILES string of the molecule is O=C(Nc1cccc(C#Cc2ccccn2)c1)c1ccnc(Cl)c1. The number of nitrogens with one attached hydrogen (secondary N) is 1. The van der Waals surface area contributed by atoms with E-state index in [2.05, 4.69) is 27.1 Å². The van der Waals surface area contributed by atoms with Crippen LogP contribution in [0.3, 0.4) is 0 Å². The number of benzene rings is 1. The summed E-state index contributed by atoms with van der Waals surface area (Å²) < 4.78 is 0. The maximum absolute atomic E-state index is 12.2. The number of rotatable bonds is 2. The van der Waals surface area contributed by atoms with Crippen molar-refractivity contribution in [3.8, 4) is 11.8 Å². The molecule has 5 heteroatoms. The van der Waals surface area contributed by atoms with Gasteiger partial charge >= 0.3 is 0 Å². The van der Waals surface area contributed by atoms with E-state index < -0.39 is 0 Å². The van der Waals surface area contributed by atoms with E-state index in [0.717, 1.165) is 5.56 Å². The van der Waals surface area contributed by atoms with Crippen LogP contribution in [-0.2, 0) is 0 Å². The lowest BCUT2D eigenvalue weighted by Gasteiger charge is -2.05. The number of pyridine rings is 2. The Morgan fingerprint density at radius 3 is 2.67 bits per heavy atom. The van der Waals surface area contributed by atoms with Crippen LogP contribution in [0.5, 0.6) is 0 Å². The van der Waals surface area contributed by atoms with E-state index in [1.807, 2.05) is 30.3 Å². The fourth-order valence-electron chi connectivity index (χ4n) is 1.99. The van der Waals surface area contributed by atoms with E-state index in [4.69, 9.17) is 11.6 Å². The average Bonchev–Trinajstić information content (AvgIpc) is 2.61. The summed E-state index contributed by atoms with van der Waals surface area (Å²) in [4.78, 5) is 20.2. The third-order valence-electron chi connectivity index (χ3n) is 3.11. The van der Waals surface area contributed by atoms with Gasteiger partial charge in [0.15, 0.2) is 0 Å². The number of amides is 1. The Bertz CT molecular complexity index is 930. The number of anilines is 1. The van der Waals surface area contributed by atoms with Gasteiger partial charge in [-0.15, -0.1) is 0 Å². The number of halogens is 1. The minimum atomic E-state index is -0.255. The zero-order valence-electron chi connectivity index (χ0n) is 12.5. The lowest BCUT2D eigenvalue weighted by atomic mass is 10.2. The second kappa shape index (κ2) is 7.40. The molecule has 1 aromatic carbocycles. The van der Waals surface area contributed by atoms with Crippen molar-refractivity contribution in [2.45, 2.75) is 0 Å². The van der Waals surface area contributed by atoms with Crippen molar-refractivity contribution in [1.82, 2.24) is 9.97 Å². The quantitative estimate of drug-likeness (QED) is 0.573. The summed E-state index contributed by atoms with van der Waals surface area (Å²) in [6, 6.07) is 16.0. The van der Waals surface area contributed by atoms with Crippen molar-refractivity contribution in [2.24, 2.45) is 0 Å². The number of hydrogen-bond acceptors (Lipinski definition) is 3. The predicted molar refractivity (Wildman–Crippen MR) is 93.9 cm³/mol. The number of aromatic nitrogens is 2. The molecule has 0 aliphatic carbocycles. The summed E-state index contributed by atoms with van der Waals surface area (Å²) in [6.07, 6.45) is 3.19. The molecule has 0 saturated heterocycles. The van der Waals surface area contributed by atoms with Gasteiger partial charge in [-0.1, -0.05) is 29.7 Å². The molecule has 1 N–H and O–H groups in total. The maximum Gasteiger partial charge on any atom is 0.255 e. The van der Waals surface area contributed by atoms with Crippen molar-refractivity contribution in [1.29, 1.82) is 0 Å². The molecule has 0 spiro atoms. The fraction of sp³-hybridized carbons (Fsp3) is 0. The molecule has 0 saturated carbocycles. The summed E-state index contributed by atoms with van der Waals surface area (Å²) in [5, 5.41) is 3.09. The van der Waals surface area contributed by atoms with E-state index in [9.17, 15) is 4.79 Å². The monoisotopic (exact) mass is 333 g/mol. The zero-order chi connectivity index (χ0) is 16.8. The highest BCUT2D eigenvalue weighted by molar-refractivity contribution is 6.29. The van der Waals surface area contributed by atoms with Gasteiger partial charge in [-0.25, -0.2) is 9.97 Å². The van der Waals surface area contributed by atoms with Gasteiger partial charge in [-0.05, 0) is 48.4 Å². The van der Waals surface area contributed by atoms with Crippen LogP contribution in [-0.4, -0.2) is 15.9 Å².